The standard InChI is InChI=1S/C14H16N6O3/c15-12(21)11-8-20(18-17-11)9-3-6-19(7-4-9)13-10(14(22)23)2-1-5-16-13/h1-2,5,8-9H,3-4,6-7H2,(H2,15,21)(H,22,23). The molecule has 0 spiro atoms. The fourth-order valence-electron chi connectivity index (χ4n) is 2.73. The van der Waals surface area contributed by atoms with Gasteiger partial charge in [0.05, 0.1) is 12.2 Å². The van der Waals surface area contributed by atoms with Crippen molar-refractivity contribution in [2.24, 2.45) is 5.73 Å². The van der Waals surface area contributed by atoms with E-state index in [1.807, 2.05) is 4.90 Å². The van der Waals surface area contributed by atoms with Gasteiger partial charge in [-0.2, -0.15) is 0 Å². The molecule has 2 aromatic rings. The number of primary amides is 1. The van der Waals surface area contributed by atoms with Crippen LogP contribution in [0.5, 0.6) is 0 Å². The van der Waals surface area contributed by atoms with Gasteiger partial charge in [-0.25, -0.2) is 14.5 Å². The largest absolute Gasteiger partial charge is 0.478 e. The van der Waals surface area contributed by atoms with E-state index in [-0.39, 0.29) is 17.3 Å². The molecule has 3 rings (SSSR count). The first kappa shape index (κ1) is 14.9. The van der Waals surface area contributed by atoms with Gasteiger partial charge < -0.3 is 15.7 Å². The van der Waals surface area contributed by atoms with Crippen LogP contribution < -0.4 is 10.6 Å². The molecule has 0 unspecified atom stereocenters. The van der Waals surface area contributed by atoms with E-state index in [9.17, 15) is 14.7 Å². The minimum Gasteiger partial charge on any atom is -0.478 e. The third-order valence-corrected chi connectivity index (χ3v) is 3.92. The third kappa shape index (κ3) is 2.98. The molecule has 23 heavy (non-hydrogen) atoms. The van der Waals surface area contributed by atoms with Crippen molar-refractivity contribution in [1.29, 1.82) is 0 Å². The number of hydrogen-bond donors (Lipinski definition) is 2. The number of amides is 1. The van der Waals surface area contributed by atoms with Crippen molar-refractivity contribution in [3.63, 3.8) is 0 Å². The van der Waals surface area contributed by atoms with E-state index < -0.39 is 11.9 Å². The number of piperidine rings is 1. The first-order valence-corrected chi connectivity index (χ1v) is 7.21. The number of nitrogens with two attached hydrogens (primary N) is 1. The zero-order chi connectivity index (χ0) is 16.4. The molecule has 0 aliphatic carbocycles. The fourth-order valence-corrected chi connectivity index (χ4v) is 2.73. The van der Waals surface area contributed by atoms with Crippen LogP contribution in [0.3, 0.4) is 0 Å². The second-order valence-corrected chi connectivity index (χ2v) is 5.35. The Morgan fingerprint density at radius 3 is 2.65 bits per heavy atom. The molecule has 2 aromatic heterocycles. The van der Waals surface area contributed by atoms with Crippen LogP contribution in [0.25, 0.3) is 0 Å². The number of aromatic carboxylic acids is 1. The smallest absolute Gasteiger partial charge is 0.339 e. The van der Waals surface area contributed by atoms with Crippen molar-refractivity contribution in [3.8, 4) is 0 Å². The maximum atomic E-state index is 11.3. The summed E-state index contributed by atoms with van der Waals surface area (Å²) in [5, 5.41) is 16.9. The molecular weight excluding hydrogens is 300 g/mol. The first-order valence-electron chi connectivity index (χ1n) is 7.21. The Kier molecular flexibility index (Phi) is 3.92. The second kappa shape index (κ2) is 6.03. The molecule has 9 heteroatoms. The van der Waals surface area contributed by atoms with Crippen LogP contribution in [0.2, 0.25) is 0 Å². The van der Waals surface area contributed by atoms with Crippen LogP contribution in [0, 0.1) is 0 Å². The summed E-state index contributed by atoms with van der Waals surface area (Å²) in [5.74, 6) is -1.11. The average molecular weight is 316 g/mol. The summed E-state index contributed by atoms with van der Waals surface area (Å²) in [7, 11) is 0. The molecule has 0 radical (unpaired) electrons. The third-order valence-electron chi connectivity index (χ3n) is 3.92. The lowest BCUT2D eigenvalue weighted by Crippen LogP contribution is -2.36. The number of carbonyl (C=O) groups is 2. The van der Waals surface area contributed by atoms with Gasteiger partial charge in [0.1, 0.15) is 11.4 Å². The molecule has 0 saturated carbocycles. The van der Waals surface area contributed by atoms with E-state index in [2.05, 4.69) is 15.3 Å². The summed E-state index contributed by atoms with van der Waals surface area (Å²) < 4.78 is 1.65. The van der Waals surface area contributed by atoms with Crippen LogP contribution in [-0.4, -0.2) is 50.1 Å². The zero-order valence-corrected chi connectivity index (χ0v) is 12.3. The molecule has 0 aromatic carbocycles. The van der Waals surface area contributed by atoms with Crippen LogP contribution in [0.1, 0.15) is 39.7 Å². The lowest BCUT2D eigenvalue weighted by Gasteiger charge is -2.33. The van der Waals surface area contributed by atoms with Crippen LogP contribution in [0.4, 0.5) is 5.82 Å². The Morgan fingerprint density at radius 1 is 1.30 bits per heavy atom. The Bertz CT molecular complexity index is 736. The summed E-state index contributed by atoms with van der Waals surface area (Å²) in [6, 6.07) is 3.26. The predicted octanol–water partition coefficient (Wildman–Crippen LogP) is 0.312. The minimum atomic E-state index is -0.988. The van der Waals surface area contributed by atoms with E-state index >= 15 is 0 Å². The SMILES string of the molecule is NC(=O)c1cn(C2CCN(c3ncccc3C(=O)O)CC2)nn1. The zero-order valence-electron chi connectivity index (χ0n) is 12.3. The minimum absolute atomic E-state index is 0.101. The van der Waals surface area contributed by atoms with Gasteiger partial charge in [-0.3, -0.25) is 4.79 Å². The summed E-state index contributed by atoms with van der Waals surface area (Å²) >= 11 is 0. The Hall–Kier alpha value is -2.97. The lowest BCUT2D eigenvalue weighted by atomic mass is 10.0. The van der Waals surface area contributed by atoms with E-state index in [0.717, 1.165) is 12.8 Å². The van der Waals surface area contributed by atoms with Gasteiger partial charge in [0.2, 0.25) is 0 Å². The molecule has 1 saturated heterocycles. The summed E-state index contributed by atoms with van der Waals surface area (Å²) in [6.07, 6.45) is 4.63. The maximum absolute atomic E-state index is 11.3. The van der Waals surface area contributed by atoms with Gasteiger partial charge in [0.15, 0.2) is 5.69 Å². The molecule has 1 amide bonds. The van der Waals surface area contributed by atoms with Crippen molar-refractivity contribution < 1.29 is 14.7 Å². The highest BCUT2D eigenvalue weighted by Gasteiger charge is 2.25. The maximum Gasteiger partial charge on any atom is 0.339 e. The summed E-state index contributed by atoms with van der Waals surface area (Å²) in [5.41, 5.74) is 5.51. The first-order chi connectivity index (χ1) is 11.1. The van der Waals surface area contributed by atoms with E-state index in [0.29, 0.717) is 18.9 Å². The van der Waals surface area contributed by atoms with Crippen LogP contribution in [-0.2, 0) is 0 Å². The molecule has 0 atom stereocenters. The number of carboxylic acid groups (broad SMARTS) is 1. The van der Waals surface area contributed by atoms with Crippen molar-refractivity contribution >= 4 is 17.7 Å². The van der Waals surface area contributed by atoms with Crippen molar-refractivity contribution in [2.45, 2.75) is 18.9 Å². The Labute approximate surface area is 131 Å². The molecule has 3 N–H and O–H groups in total. The topological polar surface area (TPSA) is 127 Å². The van der Waals surface area contributed by atoms with Gasteiger partial charge in [0, 0.05) is 19.3 Å². The van der Waals surface area contributed by atoms with Gasteiger partial charge in [-0.1, -0.05) is 5.21 Å². The second-order valence-electron chi connectivity index (χ2n) is 5.35. The van der Waals surface area contributed by atoms with Gasteiger partial charge >= 0.3 is 5.97 Å². The monoisotopic (exact) mass is 316 g/mol. The van der Waals surface area contributed by atoms with Crippen molar-refractivity contribution in [1.82, 2.24) is 20.0 Å². The molecule has 3 heterocycles. The Morgan fingerprint density at radius 2 is 2.04 bits per heavy atom. The van der Waals surface area contributed by atoms with Gasteiger partial charge in [-0.15, -0.1) is 5.10 Å². The number of rotatable bonds is 4. The molecule has 9 nitrogen and oxygen atoms in total. The molecule has 0 bridgehead atoms. The number of nitrogens with zero attached hydrogens (tertiary/aromatic N) is 5. The average Bonchev–Trinajstić information content (AvgIpc) is 3.05. The predicted molar refractivity (Wildman–Crippen MR) is 80.2 cm³/mol. The van der Waals surface area contributed by atoms with E-state index in [1.165, 1.54) is 0 Å². The molecule has 1 aliphatic rings. The summed E-state index contributed by atoms with van der Waals surface area (Å²) in [6.45, 7) is 1.29. The number of aromatic nitrogens is 4. The van der Waals surface area contributed by atoms with E-state index in [4.69, 9.17) is 5.73 Å². The van der Waals surface area contributed by atoms with Crippen LogP contribution >= 0.6 is 0 Å². The van der Waals surface area contributed by atoms with Gasteiger partial charge in [-0.05, 0) is 25.0 Å². The fraction of sp³-hybridized carbons (Fsp3) is 0.357. The van der Waals surface area contributed by atoms with Crippen molar-refractivity contribution in [2.75, 3.05) is 18.0 Å². The normalized spacial score (nSPS) is 15.6. The lowest BCUT2D eigenvalue weighted by molar-refractivity contribution is 0.0696. The van der Waals surface area contributed by atoms with E-state index in [1.54, 1.807) is 29.2 Å². The summed E-state index contributed by atoms with van der Waals surface area (Å²) in [4.78, 5) is 28.5. The van der Waals surface area contributed by atoms with Crippen molar-refractivity contribution in [3.05, 3.63) is 35.8 Å². The number of anilines is 1. The molecule has 1 fully saturated rings. The van der Waals surface area contributed by atoms with Gasteiger partial charge in [0.25, 0.3) is 5.91 Å². The highest BCUT2D eigenvalue weighted by Crippen LogP contribution is 2.26. The quantitative estimate of drug-likeness (QED) is 0.831. The number of hydrogen-bond acceptors (Lipinski definition) is 6. The molecule has 1 aliphatic heterocycles. The number of carbonyl (C=O) groups excluding carboxylic acids is 1. The molecular formula is C14H16N6O3. The highest BCUT2D eigenvalue weighted by atomic mass is 16.4. The van der Waals surface area contributed by atoms with Crippen LogP contribution in [0.15, 0.2) is 24.5 Å². The molecule has 120 valence electrons. The number of carboxylic acids is 1. The highest BCUT2D eigenvalue weighted by molar-refractivity contribution is 5.93. The Balaban J connectivity index is 1.71. The number of pyridine rings is 1.